The monoisotopic (exact) mass is 369 g/mol. The van der Waals surface area contributed by atoms with E-state index in [1.54, 1.807) is 7.11 Å². The molecule has 19 heavy (non-hydrogen) atoms. The molecule has 8 heteroatoms. The highest BCUT2D eigenvalue weighted by molar-refractivity contribution is 9.10. The van der Waals surface area contributed by atoms with Crippen molar-refractivity contribution in [3.8, 4) is 0 Å². The highest BCUT2D eigenvalue weighted by Gasteiger charge is 2.17. The number of rotatable bonds is 6. The molecule has 0 unspecified atom stereocenters. The number of nitrogens with one attached hydrogen (secondary N) is 1. The Balaban J connectivity index is 2.82. The first kappa shape index (κ1) is 16.4. The maximum atomic E-state index is 11.8. The molecule has 1 amide bonds. The number of methoxy groups -OCH3 is 1. The Morgan fingerprint density at radius 1 is 1.47 bits per heavy atom. The van der Waals surface area contributed by atoms with Crippen molar-refractivity contribution >= 4 is 41.6 Å². The minimum atomic E-state index is -3.89. The summed E-state index contributed by atoms with van der Waals surface area (Å²) in [5, 5.41) is 2.66. The first-order valence-electron chi connectivity index (χ1n) is 5.37. The van der Waals surface area contributed by atoms with E-state index in [9.17, 15) is 13.2 Å². The molecule has 0 saturated heterocycles. The number of ether oxygens (including phenoxy) is 1. The summed E-state index contributed by atoms with van der Waals surface area (Å²) in [6.45, 7) is 0.994. The number of amides is 1. The van der Waals surface area contributed by atoms with E-state index >= 15 is 0 Å². The van der Waals surface area contributed by atoms with E-state index in [1.165, 1.54) is 18.2 Å². The summed E-state index contributed by atoms with van der Waals surface area (Å²) in [6.07, 6.45) is 0.680. The third-order valence-corrected chi connectivity index (χ3v) is 4.58. The molecule has 1 aromatic rings. The number of carbonyl (C=O) groups excluding carboxylic acids is 1. The molecule has 0 radical (unpaired) electrons. The quantitative estimate of drug-likeness (QED) is 0.615. The lowest BCUT2D eigenvalue weighted by Crippen LogP contribution is -2.25. The second-order valence-corrected chi connectivity index (χ2v) is 7.07. The van der Waals surface area contributed by atoms with E-state index in [2.05, 4.69) is 21.2 Å². The van der Waals surface area contributed by atoms with Gasteiger partial charge in [0.1, 0.15) is 0 Å². The topological polar surface area (TPSA) is 72.5 Å². The molecule has 5 nitrogen and oxygen atoms in total. The molecule has 0 saturated carbocycles. The summed E-state index contributed by atoms with van der Waals surface area (Å²) >= 11 is 3.08. The molecule has 0 fully saturated rings. The summed E-state index contributed by atoms with van der Waals surface area (Å²) in [5.74, 6) is -0.356. The van der Waals surface area contributed by atoms with Crippen molar-refractivity contribution in [2.75, 3.05) is 20.3 Å². The second-order valence-electron chi connectivity index (χ2n) is 3.69. The minimum Gasteiger partial charge on any atom is -0.385 e. The number of carbonyl (C=O) groups is 1. The van der Waals surface area contributed by atoms with Gasteiger partial charge in [-0.15, -0.1) is 0 Å². The van der Waals surface area contributed by atoms with Crippen LogP contribution in [0.4, 0.5) is 0 Å². The molecular weight excluding hydrogens is 358 g/mol. The standard InChI is InChI=1S/C11H13BrClNO4S/c1-18-6-2-5-14-11(15)8-3-4-9(12)10(7-8)19(13,16)17/h3-4,7H,2,5-6H2,1H3,(H,14,15). The van der Waals surface area contributed by atoms with Crippen LogP contribution in [-0.4, -0.2) is 34.6 Å². The zero-order valence-electron chi connectivity index (χ0n) is 10.2. The molecule has 0 aliphatic heterocycles. The van der Waals surface area contributed by atoms with Gasteiger partial charge in [0.25, 0.3) is 15.0 Å². The lowest BCUT2D eigenvalue weighted by Gasteiger charge is -2.07. The number of halogens is 2. The molecule has 0 aliphatic rings. The van der Waals surface area contributed by atoms with Crippen molar-refractivity contribution in [2.45, 2.75) is 11.3 Å². The zero-order valence-corrected chi connectivity index (χ0v) is 13.3. The van der Waals surface area contributed by atoms with Crippen molar-refractivity contribution in [3.63, 3.8) is 0 Å². The van der Waals surface area contributed by atoms with Crippen molar-refractivity contribution in [3.05, 3.63) is 28.2 Å². The zero-order chi connectivity index (χ0) is 14.5. The van der Waals surface area contributed by atoms with Gasteiger partial charge in [-0.05, 0) is 40.5 Å². The lowest BCUT2D eigenvalue weighted by molar-refractivity contribution is 0.0948. The van der Waals surface area contributed by atoms with E-state index in [1.807, 2.05) is 0 Å². The first-order valence-corrected chi connectivity index (χ1v) is 8.48. The normalized spacial score (nSPS) is 11.3. The van der Waals surface area contributed by atoms with Crippen LogP contribution in [0.25, 0.3) is 0 Å². The summed E-state index contributed by atoms with van der Waals surface area (Å²) in [5.41, 5.74) is 0.236. The molecule has 1 N–H and O–H groups in total. The third-order valence-electron chi connectivity index (χ3n) is 2.27. The highest BCUT2D eigenvalue weighted by atomic mass is 79.9. The average Bonchev–Trinajstić information content (AvgIpc) is 2.33. The molecule has 0 aromatic heterocycles. The summed E-state index contributed by atoms with van der Waals surface area (Å²) in [7, 11) is 2.96. The highest BCUT2D eigenvalue weighted by Crippen LogP contribution is 2.26. The van der Waals surface area contributed by atoms with Crippen molar-refractivity contribution in [1.29, 1.82) is 0 Å². The maximum Gasteiger partial charge on any atom is 0.262 e. The van der Waals surface area contributed by atoms with Crippen LogP contribution in [0.1, 0.15) is 16.8 Å². The van der Waals surface area contributed by atoms with Gasteiger partial charge >= 0.3 is 0 Å². The maximum absolute atomic E-state index is 11.8. The Kier molecular flexibility index (Phi) is 6.25. The van der Waals surface area contributed by atoms with E-state index in [-0.39, 0.29) is 16.4 Å². The van der Waals surface area contributed by atoms with E-state index < -0.39 is 9.05 Å². The Hall–Kier alpha value is -0.630. The Morgan fingerprint density at radius 3 is 2.74 bits per heavy atom. The third kappa shape index (κ3) is 5.10. The molecule has 0 aliphatic carbocycles. The van der Waals surface area contributed by atoms with Crippen LogP contribution in [0.15, 0.2) is 27.6 Å². The van der Waals surface area contributed by atoms with E-state index in [0.717, 1.165) is 0 Å². The van der Waals surface area contributed by atoms with Crippen LogP contribution >= 0.6 is 26.6 Å². The van der Waals surface area contributed by atoms with Gasteiger partial charge in [0.05, 0.1) is 4.90 Å². The van der Waals surface area contributed by atoms with Gasteiger partial charge in [-0.25, -0.2) is 8.42 Å². The number of hydrogen-bond acceptors (Lipinski definition) is 4. The molecule has 0 heterocycles. The summed E-state index contributed by atoms with van der Waals surface area (Å²) in [4.78, 5) is 11.7. The molecule has 1 rings (SSSR count). The largest absolute Gasteiger partial charge is 0.385 e. The van der Waals surface area contributed by atoms with Crippen LogP contribution in [0, 0.1) is 0 Å². The van der Waals surface area contributed by atoms with Crippen LogP contribution in [0.3, 0.4) is 0 Å². The fraction of sp³-hybridized carbons (Fsp3) is 0.364. The van der Waals surface area contributed by atoms with Gasteiger partial charge in [-0.1, -0.05) is 0 Å². The Labute approximate surface area is 124 Å². The van der Waals surface area contributed by atoms with E-state index in [0.29, 0.717) is 24.0 Å². The molecule has 0 spiro atoms. The Morgan fingerprint density at radius 2 is 2.16 bits per heavy atom. The van der Waals surface area contributed by atoms with Crippen LogP contribution in [0.2, 0.25) is 0 Å². The molecule has 1 aromatic carbocycles. The SMILES string of the molecule is COCCCNC(=O)c1ccc(Br)c(S(=O)(=O)Cl)c1. The van der Waals surface area contributed by atoms with Gasteiger partial charge in [-0.2, -0.15) is 0 Å². The van der Waals surface area contributed by atoms with Crippen molar-refractivity contribution < 1.29 is 17.9 Å². The van der Waals surface area contributed by atoms with Gasteiger partial charge in [0, 0.05) is 41.0 Å². The average molecular weight is 371 g/mol. The fourth-order valence-corrected chi connectivity index (χ4v) is 3.47. The van der Waals surface area contributed by atoms with Gasteiger partial charge in [0.2, 0.25) is 0 Å². The Bertz CT molecular complexity index is 562. The smallest absolute Gasteiger partial charge is 0.262 e. The van der Waals surface area contributed by atoms with Crippen molar-refractivity contribution in [2.24, 2.45) is 0 Å². The van der Waals surface area contributed by atoms with Crippen LogP contribution in [0.5, 0.6) is 0 Å². The second kappa shape index (κ2) is 7.23. The number of hydrogen-bond donors (Lipinski definition) is 1. The van der Waals surface area contributed by atoms with Gasteiger partial charge < -0.3 is 10.1 Å². The minimum absolute atomic E-state index is 0.126. The summed E-state index contributed by atoms with van der Waals surface area (Å²) in [6, 6.07) is 4.22. The molecule has 106 valence electrons. The van der Waals surface area contributed by atoms with Crippen LogP contribution in [-0.2, 0) is 13.8 Å². The van der Waals surface area contributed by atoms with Gasteiger partial charge in [0.15, 0.2) is 0 Å². The summed E-state index contributed by atoms with van der Waals surface area (Å²) < 4.78 is 27.8. The lowest BCUT2D eigenvalue weighted by atomic mass is 10.2. The molecule has 0 bridgehead atoms. The van der Waals surface area contributed by atoms with Crippen molar-refractivity contribution in [1.82, 2.24) is 5.32 Å². The first-order chi connectivity index (χ1) is 8.86. The predicted octanol–water partition coefficient (Wildman–Crippen LogP) is 2.14. The molecule has 0 atom stereocenters. The predicted molar refractivity (Wildman–Crippen MR) is 76.0 cm³/mol. The fourth-order valence-electron chi connectivity index (χ4n) is 1.35. The van der Waals surface area contributed by atoms with Gasteiger partial charge in [-0.3, -0.25) is 4.79 Å². The number of benzene rings is 1. The van der Waals surface area contributed by atoms with Crippen LogP contribution < -0.4 is 5.32 Å². The van der Waals surface area contributed by atoms with E-state index in [4.69, 9.17) is 15.4 Å². The molecular formula is C11H13BrClNO4S.